The number of nitrogens with zero attached hydrogens (tertiary/aromatic N) is 1. The molecule has 0 aromatic rings. The SMILES string of the molecule is CC.CCCCCCCCCCCCCCCC(=O)ON1C(=O)CCC1=O. The van der Waals surface area contributed by atoms with Gasteiger partial charge in [-0.15, -0.1) is 5.06 Å². The molecule has 0 bridgehead atoms. The summed E-state index contributed by atoms with van der Waals surface area (Å²) in [4.78, 5) is 39.1. The molecule has 0 saturated carbocycles. The van der Waals surface area contributed by atoms with Crippen molar-refractivity contribution in [1.82, 2.24) is 5.06 Å². The fourth-order valence-corrected chi connectivity index (χ4v) is 3.09. The Labute approximate surface area is 166 Å². The minimum atomic E-state index is -0.480. The van der Waals surface area contributed by atoms with Gasteiger partial charge in [-0.05, 0) is 6.42 Å². The number of carbonyl (C=O) groups is 3. The lowest BCUT2D eigenvalue weighted by molar-refractivity contribution is -0.197. The molecule has 27 heavy (non-hydrogen) atoms. The van der Waals surface area contributed by atoms with Gasteiger partial charge in [-0.2, -0.15) is 0 Å². The number of hydrogen-bond donors (Lipinski definition) is 0. The first-order valence-electron chi connectivity index (χ1n) is 11.2. The van der Waals surface area contributed by atoms with E-state index in [9.17, 15) is 14.4 Å². The molecule has 1 heterocycles. The maximum atomic E-state index is 11.6. The van der Waals surface area contributed by atoms with Crippen LogP contribution in [0.4, 0.5) is 0 Å². The van der Waals surface area contributed by atoms with Gasteiger partial charge in [-0.1, -0.05) is 97.8 Å². The standard InChI is InChI=1S/C20H35NO4.C2H6/c1-2-3-4-5-6-7-8-9-10-11-12-13-14-15-20(24)25-21-18(22)16-17-19(21)23;1-2/h2-17H2,1H3;1-2H3. The number of imide groups is 1. The van der Waals surface area contributed by atoms with Crippen molar-refractivity contribution in [2.75, 3.05) is 0 Å². The van der Waals surface area contributed by atoms with Gasteiger partial charge < -0.3 is 4.84 Å². The Morgan fingerprint density at radius 1 is 0.741 bits per heavy atom. The first-order chi connectivity index (χ1) is 13.1. The number of unbranched alkanes of at least 4 members (excludes halogenated alkanes) is 12. The zero-order valence-electron chi connectivity index (χ0n) is 17.9. The fourth-order valence-electron chi connectivity index (χ4n) is 3.09. The second-order valence-electron chi connectivity index (χ2n) is 7.04. The highest BCUT2D eigenvalue weighted by Crippen LogP contribution is 2.15. The molecule has 158 valence electrons. The summed E-state index contributed by atoms with van der Waals surface area (Å²) >= 11 is 0. The molecule has 1 aliphatic heterocycles. The van der Waals surface area contributed by atoms with Gasteiger partial charge >= 0.3 is 5.97 Å². The summed E-state index contributed by atoms with van der Waals surface area (Å²) in [5, 5.41) is 0.630. The monoisotopic (exact) mass is 383 g/mol. The van der Waals surface area contributed by atoms with Crippen molar-refractivity contribution in [3.63, 3.8) is 0 Å². The summed E-state index contributed by atoms with van der Waals surface area (Å²) in [5.74, 6) is -1.31. The molecule has 1 fully saturated rings. The maximum absolute atomic E-state index is 11.6. The topological polar surface area (TPSA) is 63.7 Å². The Morgan fingerprint density at radius 3 is 1.52 bits per heavy atom. The van der Waals surface area contributed by atoms with Crippen LogP contribution in [-0.2, 0) is 19.2 Å². The van der Waals surface area contributed by atoms with E-state index in [4.69, 9.17) is 4.84 Å². The number of amides is 2. The Morgan fingerprint density at radius 2 is 1.11 bits per heavy atom. The van der Waals surface area contributed by atoms with Gasteiger partial charge in [0.15, 0.2) is 0 Å². The van der Waals surface area contributed by atoms with Crippen molar-refractivity contribution in [1.29, 1.82) is 0 Å². The molecule has 1 saturated heterocycles. The van der Waals surface area contributed by atoms with Crippen LogP contribution in [-0.4, -0.2) is 22.8 Å². The van der Waals surface area contributed by atoms with Gasteiger partial charge in [0, 0.05) is 19.3 Å². The maximum Gasteiger partial charge on any atom is 0.333 e. The molecule has 0 N–H and O–H groups in total. The normalized spacial score (nSPS) is 13.5. The molecule has 2 amide bonds. The molecule has 0 aromatic heterocycles. The summed E-state index contributed by atoms with van der Waals surface area (Å²) in [6, 6.07) is 0. The van der Waals surface area contributed by atoms with E-state index in [1.54, 1.807) is 0 Å². The second kappa shape index (κ2) is 18.0. The van der Waals surface area contributed by atoms with Gasteiger partial charge in [0.05, 0.1) is 0 Å². The lowest BCUT2D eigenvalue weighted by Crippen LogP contribution is -2.31. The summed E-state index contributed by atoms with van der Waals surface area (Å²) in [6.45, 7) is 6.25. The molecule has 0 atom stereocenters. The van der Waals surface area contributed by atoms with Crippen LogP contribution in [0.5, 0.6) is 0 Å². The zero-order chi connectivity index (χ0) is 20.3. The van der Waals surface area contributed by atoms with Crippen LogP contribution in [0.25, 0.3) is 0 Å². The molecule has 0 radical (unpaired) electrons. The smallest absolute Gasteiger partial charge is 0.330 e. The second-order valence-corrected chi connectivity index (χ2v) is 7.04. The zero-order valence-corrected chi connectivity index (χ0v) is 17.9. The molecule has 0 unspecified atom stereocenters. The van der Waals surface area contributed by atoms with Crippen molar-refractivity contribution >= 4 is 17.8 Å². The number of hydroxylamine groups is 2. The molecular formula is C22H41NO4. The van der Waals surface area contributed by atoms with Crippen LogP contribution >= 0.6 is 0 Å². The molecule has 0 aromatic carbocycles. The first kappa shape index (κ1) is 25.6. The lowest BCUT2D eigenvalue weighted by Gasteiger charge is -2.12. The Kier molecular flexibility index (Phi) is 17.1. The number of carbonyl (C=O) groups excluding carboxylic acids is 3. The van der Waals surface area contributed by atoms with Crippen LogP contribution in [0.2, 0.25) is 0 Å². The van der Waals surface area contributed by atoms with Crippen molar-refractivity contribution in [2.24, 2.45) is 0 Å². The third kappa shape index (κ3) is 13.4. The van der Waals surface area contributed by atoms with E-state index in [1.807, 2.05) is 13.8 Å². The van der Waals surface area contributed by atoms with Crippen molar-refractivity contribution in [2.45, 2.75) is 124 Å². The van der Waals surface area contributed by atoms with E-state index in [1.165, 1.54) is 64.2 Å². The van der Waals surface area contributed by atoms with Crippen LogP contribution in [0, 0.1) is 0 Å². The highest BCUT2D eigenvalue weighted by Gasteiger charge is 2.32. The predicted octanol–water partition coefficient (Wildman–Crippen LogP) is 6.10. The largest absolute Gasteiger partial charge is 0.333 e. The summed E-state index contributed by atoms with van der Waals surface area (Å²) in [5.41, 5.74) is 0. The predicted molar refractivity (Wildman–Crippen MR) is 109 cm³/mol. The summed E-state index contributed by atoms with van der Waals surface area (Å²) < 4.78 is 0. The van der Waals surface area contributed by atoms with E-state index >= 15 is 0 Å². The third-order valence-electron chi connectivity index (χ3n) is 4.68. The third-order valence-corrected chi connectivity index (χ3v) is 4.68. The number of hydrogen-bond acceptors (Lipinski definition) is 4. The van der Waals surface area contributed by atoms with Crippen LogP contribution < -0.4 is 0 Å². The van der Waals surface area contributed by atoms with E-state index in [-0.39, 0.29) is 19.3 Å². The molecule has 1 rings (SSSR count). The molecule has 5 heteroatoms. The van der Waals surface area contributed by atoms with E-state index < -0.39 is 17.8 Å². The van der Waals surface area contributed by atoms with Crippen LogP contribution in [0.3, 0.4) is 0 Å². The minimum Gasteiger partial charge on any atom is -0.330 e. The van der Waals surface area contributed by atoms with E-state index in [2.05, 4.69) is 6.92 Å². The molecule has 0 aliphatic carbocycles. The van der Waals surface area contributed by atoms with Gasteiger partial charge in [0.2, 0.25) is 0 Å². The number of rotatable bonds is 15. The van der Waals surface area contributed by atoms with Gasteiger partial charge in [0.25, 0.3) is 11.8 Å². The Bertz CT molecular complexity index is 393. The summed E-state index contributed by atoms with van der Waals surface area (Å²) in [7, 11) is 0. The molecule has 1 aliphatic rings. The molecule has 5 nitrogen and oxygen atoms in total. The highest BCUT2D eigenvalue weighted by molar-refractivity contribution is 6.01. The van der Waals surface area contributed by atoms with Crippen LogP contribution in [0.1, 0.15) is 124 Å². The Hall–Kier alpha value is -1.39. The first-order valence-corrected chi connectivity index (χ1v) is 11.2. The highest BCUT2D eigenvalue weighted by atomic mass is 16.7. The fraction of sp³-hybridized carbons (Fsp3) is 0.864. The van der Waals surface area contributed by atoms with Gasteiger partial charge in [0.1, 0.15) is 0 Å². The van der Waals surface area contributed by atoms with Crippen molar-refractivity contribution in [3.8, 4) is 0 Å². The summed E-state index contributed by atoms with van der Waals surface area (Å²) in [6.07, 6.45) is 16.8. The van der Waals surface area contributed by atoms with E-state index in [0.29, 0.717) is 5.06 Å². The van der Waals surface area contributed by atoms with Crippen molar-refractivity contribution in [3.05, 3.63) is 0 Å². The van der Waals surface area contributed by atoms with Gasteiger partial charge in [-0.25, -0.2) is 4.79 Å². The minimum absolute atomic E-state index is 0.144. The average Bonchev–Trinajstić information content (AvgIpc) is 2.99. The lowest BCUT2D eigenvalue weighted by atomic mass is 10.0. The van der Waals surface area contributed by atoms with Crippen LogP contribution in [0.15, 0.2) is 0 Å². The Balaban J connectivity index is 0.00000326. The molecular weight excluding hydrogens is 342 g/mol. The molecule has 0 spiro atoms. The van der Waals surface area contributed by atoms with Crippen molar-refractivity contribution < 1.29 is 19.2 Å². The van der Waals surface area contributed by atoms with E-state index in [0.717, 1.165) is 19.3 Å². The van der Waals surface area contributed by atoms with Gasteiger partial charge in [-0.3, -0.25) is 9.59 Å². The average molecular weight is 384 g/mol. The quantitative estimate of drug-likeness (QED) is 0.253.